The highest BCUT2D eigenvalue weighted by Crippen LogP contribution is 2.28. The maximum absolute atomic E-state index is 12.7. The van der Waals surface area contributed by atoms with E-state index in [-0.39, 0.29) is 11.9 Å². The van der Waals surface area contributed by atoms with Gasteiger partial charge in [0.05, 0.1) is 17.1 Å². The third kappa shape index (κ3) is 2.52. The molecule has 3 aromatic rings. The van der Waals surface area contributed by atoms with Crippen LogP contribution in [-0.4, -0.2) is 56.2 Å². The molecule has 0 radical (unpaired) electrons. The number of rotatable bonds is 2. The van der Waals surface area contributed by atoms with E-state index in [4.69, 9.17) is 0 Å². The number of nitrogens with zero attached hydrogens (tertiary/aromatic N) is 6. The van der Waals surface area contributed by atoms with Gasteiger partial charge in [0, 0.05) is 38.9 Å². The van der Waals surface area contributed by atoms with Crippen molar-refractivity contribution in [1.29, 1.82) is 0 Å². The van der Waals surface area contributed by atoms with Gasteiger partial charge in [0.1, 0.15) is 17.0 Å². The minimum atomic E-state index is 0.0404. The van der Waals surface area contributed by atoms with Crippen LogP contribution < -0.4 is 4.90 Å². The second-order valence-electron chi connectivity index (χ2n) is 6.03. The summed E-state index contributed by atoms with van der Waals surface area (Å²) in [5.41, 5.74) is 0.639. The van der Waals surface area contributed by atoms with Gasteiger partial charge in [-0.25, -0.2) is 9.97 Å². The number of aromatic nitrogens is 4. The molecule has 124 valence electrons. The first-order chi connectivity index (χ1) is 11.6. The fraction of sp³-hybridized carbons (Fsp3) is 0.375. The molecule has 1 amide bonds. The molecule has 4 heterocycles. The Morgan fingerprint density at radius 2 is 2.21 bits per heavy atom. The first kappa shape index (κ1) is 15.1. The standard InChI is InChI=1S/C16H18N6OS/c1-11-8-21(14-13-3-6-24-15(13)18-10-17-14)4-5-22(11)16(23)12-7-19-20(2)9-12/h3,6-7,9-11H,4-5,8H2,1-2H3. The molecule has 1 fully saturated rings. The Bertz CT molecular complexity index is 887. The van der Waals surface area contributed by atoms with Gasteiger partial charge in [0.15, 0.2) is 0 Å². The predicted octanol–water partition coefficient (Wildman–Crippen LogP) is 1.78. The summed E-state index contributed by atoms with van der Waals surface area (Å²) in [6, 6.07) is 2.17. The highest BCUT2D eigenvalue weighted by Gasteiger charge is 2.30. The lowest BCUT2D eigenvalue weighted by Gasteiger charge is -2.40. The van der Waals surface area contributed by atoms with Gasteiger partial charge in [-0.2, -0.15) is 5.10 Å². The molecule has 0 N–H and O–H groups in total. The van der Waals surface area contributed by atoms with E-state index in [1.165, 1.54) is 0 Å². The number of fused-ring (bicyclic) bond motifs is 1. The van der Waals surface area contributed by atoms with Crippen molar-refractivity contribution in [2.45, 2.75) is 13.0 Å². The molecule has 1 unspecified atom stereocenters. The zero-order valence-electron chi connectivity index (χ0n) is 13.6. The van der Waals surface area contributed by atoms with Crippen molar-refractivity contribution >= 4 is 33.3 Å². The first-order valence-electron chi connectivity index (χ1n) is 7.86. The largest absolute Gasteiger partial charge is 0.352 e. The number of anilines is 1. The van der Waals surface area contributed by atoms with Crippen molar-refractivity contribution in [2.75, 3.05) is 24.5 Å². The molecule has 0 spiro atoms. The Balaban J connectivity index is 1.54. The lowest BCUT2D eigenvalue weighted by molar-refractivity contribution is 0.0674. The lowest BCUT2D eigenvalue weighted by Crippen LogP contribution is -2.54. The molecule has 3 aromatic heterocycles. The monoisotopic (exact) mass is 342 g/mol. The Hall–Kier alpha value is -2.48. The summed E-state index contributed by atoms with van der Waals surface area (Å²) in [7, 11) is 1.82. The molecule has 1 atom stereocenters. The number of hydrogen-bond acceptors (Lipinski definition) is 6. The summed E-state index contributed by atoms with van der Waals surface area (Å²) in [5, 5.41) is 7.21. The molecule has 0 saturated carbocycles. The molecule has 0 aromatic carbocycles. The van der Waals surface area contributed by atoms with E-state index < -0.39 is 0 Å². The van der Waals surface area contributed by atoms with E-state index in [2.05, 4.69) is 33.0 Å². The maximum atomic E-state index is 12.7. The van der Waals surface area contributed by atoms with Crippen LogP contribution in [0.1, 0.15) is 17.3 Å². The molecule has 1 saturated heterocycles. The van der Waals surface area contributed by atoms with Crippen LogP contribution in [0, 0.1) is 0 Å². The average Bonchev–Trinajstić information content (AvgIpc) is 3.22. The fourth-order valence-corrected chi connectivity index (χ4v) is 3.91. The second kappa shape index (κ2) is 5.86. The number of piperazine rings is 1. The van der Waals surface area contributed by atoms with E-state index in [1.54, 1.807) is 34.7 Å². The van der Waals surface area contributed by atoms with E-state index in [0.29, 0.717) is 12.1 Å². The Kier molecular flexibility index (Phi) is 3.68. The fourth-order valence-electron chi connectivity index (χ4n) is 3.18. The van der Waals surface area contributed by atoms with Gasteiger partial charge in [0.2, 0.25) is 0 Å². The summed E-state index contributed by atoms with van der Waals surface area (Å²) in [6.07, 6.45) is 5.01. The summed E-state index contributed by atoms with van der Waals surface area (Å²) in [4.78, 5) is 26.6. The van der Waals surface area contributed by atoms with Crippen molar-refractivity contribution in [3.05, 3.63) is 35.7 Å². The van der Waals surface area contributed by atoms with Crippen molar-refractivity contribution in [2.24, 2.45) is 7.05 Å². The van der Waals surface area contributed by atoms with Gasteiger partial charge in [0.25, 0.3) is 5.91 Å². The van der Waals surface area contributed by atoms with Gasteiger partial charge in [-0.05, 0) is 18.4 Å². The van der Waals surface area contributed by atoms with E-state index in [0.717, 1.165) is 29.1 Å². The van der Waals surface area contributed by atoms with Gasteiger partial charge in [-0.3, -0.25) is 9.48 Å². The van der Waals surface area contributed by atoms with Crippen molar-refractivity contribution < 1.29 is 4.79 Å². The average molecular weight is 342 g/mol. The van der Waals surface area contributed by atoms with Crippen molar-refractivity contribution in [3.8, 4) is 0 Å². The lowest BCUT2D eigenvalue weighted by atomic mass is 10.1. The van der Waals surface area contributed by atoms with Gasteiger partial charge >= 0.3 is 0 Å². The Morgan fingerprint density at radius 1 is 1.33 bits per heavy atom. The van der Waals surface area contributed by atoms with E-state index in [9.17, 15) is 4.79 Å². The highest BCUT2D eigenvalue weighted by molar-refractivity contribution is 7.16. The molecule has 4 rings (SSSR count). The quantitative estimate of drug-likeness (QED) is 0.710. The van der Waals surface area contributed by atoms with Gasteiger partial charge in [-0.1, -0.05) is 0 Å². The SMILES string of the molecule is CC1CN(c2ncnc3sccc23)CCN1C(=O)c1cnn(C)c1. The Morgan fingerprint density at radius 3 is 2.96 bits per heavy atom. The maximum Gasteiger partial charge on any atom is 0.257 e. The molecule has 0 aliphatic carbocycles. The number of carbonyl (C=O) groups excluding carboxylic acids is 1. The normalized spacial score (nSPS) is 18.3. The van der Waals surface area contributed by atoms with Crippen molar-refractivity contribution in [3.63, 3.8) is 0 Å². The third-order valence-corrected chi connectivity index (χ3v) is 5.20. The number of amides is 1. The van der Waals surface area contributed by atoms with Crippen molar-refractivity contribution in [1.82, 2.24) is 24.6 Å². The van der Waals surface area contributed by atoms with Crippen LogP contribution >= 0.6 is 11.3 Å². The molecule has 1 aliphatic rings. The molecule has 1 aliphatic heterocycles. The number of thiophene rings is 1. The second-order valence-corrected chi connectivity index (χ2v) is 6.93. The summed E-state index contributed by atoms with van der Waals surface area (Å²) in [5.74, 6) is 1.00. The van der Waals surface area contributed by atoms with E-state index in [1.807, 2.05) is 17.3 Å². The van der Waals surface area contributed by atoms with Crippen LogP contribution in [0.25, 0.3) is 10.2 Å². The summed E-state index contributed by atoms with van der Waals surface area (Å²) >= 11 is 1.62. The smallest absolute Gasteiger partial charge is 0.257 e. The molecule has 24 heavy (non-hydrogen) atoms. The van der Waals surface area contributed by atoms with Crippen LogP contribution in [0.3, 0.4) is 0 Å². The first-order valence-corrected chi connectivity index (χ1v) is 8.74. The van der Waals surface area contributed by atoms with Crippen LogP contribution in [0.15, 0.2) is 30.2 Å². The molecule has 0 bridgehead atoms. The number of carbonyl (C=O) groups is 1. The van der Waals surface area contributed by atoms with Crippen LogP contribution in [0.5, 0.6) is 0 Å². The van der Waals surface area contributed by atoms with Crippen LogP contribution in [-0.2, 0) is 7.05 Å². The summed E-state index contributed by atoms with van der Waals surface area (Å²) < 4.78 is 1.66. The molecular formula is C16H18N6OS. The zero-order valence-corrected chi connectivity index (χ0v) is 14.4. The predicted molar refractivity (Wildman–Crippen MR) is 93.3 cm³/mol. The van der Waals surface area contributed by atoms with Gasteiger partial charge in [-0.15, -0.1) is 11.3 Å². The molecular weight excluding hydrogens is 324 g/mol. The highest BCUT2D eigenvalue weighted by atomic mass is 32.1. The minimum absolute atomic E-state index is 0.0404. The van der Waals surface area contributed by atoms with Gasteiger partial charge < -0.3 is 9.80 Å². The number of hydrogen-bond donors (Lipinski definition) is 0. The molecule has 7 nitrogen and oxygen atoms in total. The molecule has 8 heteroatoms. The van der Waals surface area contributed by atoms with Crippen LogP contribution in [0.4, 0.5) is 5.82 Å². The third-order valence-electron chi connectivity index (χ3n) is 4.38. The van der Waals surface area contributed by atoms with Crippen LogP contribution in [0.2, 0.25) is 0 Å². The summed E-state index contributed by atoms with van der Waals surface area (Å²) in [6.45, 7) is 4.27. The topological polar surface area (TPSA) is 67.2 Å². The van der Waals surface area contributed by atoms with E-state index >= 15 is 0 Å². The minimum Gasteiger partial charge on any atom is -0.352 e. The zero-order chi connectivity index (χ0) is 16.7. The Labute approximate surface area is 143 Å². The number of aryl methyl sites for hydroxylation is 1.